The molecule has 0 aliphatic heterocycles. The molecule has 2 aliphatic carbocycles. The lowest BCUT2D eigenvalue weighted by molar-refractivity contribution is -0.126. The van der Waals surface area contributed by atoms with Gasteiger partial charge < -0.3 is 0 Å². The third kappa shape index (κ3) is 1.39. The van der Waals surface area contributed by atoms with Crippen molar-refractivity contribution in [3.05, 3.63) is 11.6 Å². The lowest BCUT2D eigenvalue weighted by Gasteiger charge is -2.47. The molecule has 1 fully saturated rings. The summed E-state index contributed by atoms with van der Waals surface area (Å²) in [5.41, 5.74) is 1.76. The normalized spacial score (nSPS) is 38.8. The molecule has 0 saturated heterocycles. The van der Waals surface area contributed by atoms with E-state index in [2.05, 4.69) is 27.7 Å². The number of ketones is 1. The number of fused-ring (bicyclic) bond motifs is 1. The molecular formula is C14H22O. The number of hydrogen-bond donors (Lipinski definition) is 0. The molecule has 0 heterocycles. The lowest BCUT2D eigenvalue weighted by Crippen LogP contribution is -2.43. The van der Waals surface area contributed by atoms with Crippen molar-refractivity contribution in [3.63, 3.8) is 0 Å². The van der Waals surface area contributed by atoms with Gasteiger partial charge in [0.25, 0.3) is 0 Å². The first kappa shape index (κ1) is 10.9. The number of rotatable bonds is 1. The summed E-state index contributed by atoms with van der Waals surface area (Å²) in [4.78, 5) is 12.1. The maximum atomic E-state index is 12.1. The van der Waals surface area contributed by atoms with Gasteiger partial charge in [0.2, 0.25) is 0 Å². The van der Waals surface area contributed by atoms with E-state index in [4.69, 9.17) is 0 Å². The fraction of sp³-hybridized carbons (Fsp3) is 0.786. The first-order chi connectivity index (χ1) is 6.92. The van der Waals surface area contributed by atoms with Crippen molar-refractivity contribution in [2.75, 3.05) is 0 Å². The molecule has 1 saturated carbocycles. The van der Waals surface area contributed by atoms with E-state index in [0.717, 1.165) is 6.42 Å². The minimum absolute atomic E-state index is 0.174. The number of hydrogen-bond acceptors (Lipinski definition) is 1. The molecule has 84 valence electrons. The highest BCUT2D eigenvalue weighted by Crippen LogP contribution is 2.58. The average Bonchev–Trinajstić information content (AvgIpc) is 2.37. The van der Waals surface area contributed by atoms with Crippen molar-refractivity contribution in [1.29, 1.82) is 0 Å². The molecule has 0 N–H and O–H groups in total. The Labute approximate surface area is 92.9 Å². The predicted octanol–water partition coefficient (Wildman–Crippen LogP) is 3.74. The van der Waals surface area contributed by atoms with Crippen LogP contribution in [0.25, 0.3) is 0 Å². The van der Waals surface area contributed by atoms with Crippen LogP contribution in [0.4, 0.5) is 0 Å². The van der Waals surface area contributed by atoms with Crippen LogP contribution in [-0.2, 0) is 4.79 Å². The van der Waals surface area contributed by atoms with Crippen LogP contribution in [0.5, 0.6) is 0 Å². The molecule has 1 nitrogen and oxygen atoms in total. The molecule has 1 heteroatoms. The van der Waals surface area contributed by atoms with Crippen LogP contribution in [0.2, 0.25) is 0 Å². The zero-order chi connectivity index (χ0) is 11.3. The Morgan fingerprint density at radius 1 is 1.33 bits per heavy atom. The predicted molar refractivity (Wildman–Crippen MR) is 62.6 cm³/mol. The summed E-state index contributed by atoms with van der Waals surface area (Å²) in [5.74, 6) is 0.632. The summed E-state index contributed by atoms with van der Waals surface area (Å²) in [6.45, 7) is 9.01. The molecule has 0 bridgehead atoms. The molecule has 0 unspecified atom stereocenters. The monoisotopic (exact) mass is 206 g/mol. The van der Waals surface area contributed by atoms with Crippen LogP contribution >= 0.6 is 0 Å². The molecule has 2 aliphatic rings. The topological polar surface area (TPSA) is 17.1 Å². The van der Waals surface area contributed by atoms with Crippen LogP contribution in [0.3, 0.4) is 0 Å². The molecule has 0 aromatic carbocycles. The molecule has 0 amide bonds. The number of carbonyl (C=O) groups is 1. The van der Waals surface area contributed by atoms with Gasteiger partial charge in [-0.25, -0.2) is 0 Å². The highest BCUT2D eigenvalue weighted by molar-refractivity contribution is 5.97. The average molecular weight is 206 g/mol. The van der Waals surface area contributed by atoms with E-state index in [1.165, 1.54) is 24.8 Å². The Hall–Kier alpha value is -0.590. The van der Waals surface area contributed by atoms with E-state index in [1.807, 2.05) is 6.08 Å². The van der Waals surface area contributed by atoms with Gasteiger partial charge in [-0.3, -0.25) is 4.79 Å². The SMILES string of the molecule is CCC1=CC(=O)[C@H]2C(C)(C)CCC[C@@]12C. The largest absolute Gasteiger partial charge is 0.294 e. The van der Waals surface area contributed by atoms with Gasteiger partial charge in [0.1, 0.15) is 0 Å². The first-order valence-electron chi connectivity index (χ1n) is 6.17. The standard InChI is InChI=1S/C14H22O/c1-5-10-9-11(15)12-13(2,3)7-6-8-14(10,12)4/h9,12H,5-8H2,1-4H3/t12-,14-/m0/s1. The van der Waals surface area contributed by atoms with Crippen molar-refractivity contribution in [2.24, 2.45) is 16.7 Å². The van der Waals surface area contributed by atoms with Crippen LogP contribution in [0.1, 0.15) is 53.4 Å². The van der Waals surface area contributed by atoms with Gasteiger partial charge in [-0.15, -0.1) is 0 Å². The van der Waals surface area contributed by atoms with Gasteiger partial charge in [-0.2, -0.15) is 0 Å². The van der Waals surface area contributed by atoms with Gasteiger partial charge in [-0.1, -0.05) is 39.7 Å². The summed E-state index contributed by atoms with van der Waals surface area (Å²) in [6.07, 6.45) is 6.65. The molecular weight excluding hydrogens is 184 g/mol. The van der Waals surface area contributed by atoms with Gasteiger partial charge in [-0.05, 0) is 36.2 Å². The van der Waals surface area contributed by atoms with Gasteiger partial charge >= 0.3 is 0 Å². The van der Waals surface area contributed by atoms with Crippen LogP contribution < -0.4 is 0 Å². The second-order valence-corrected chi connectivity index (χ2v) is 6.12. The van der Waals surface area contributed by atoms with Crippen molar-refractivity contribution in [1.82, 2.24) is 0 Å². The third-order valence-corrected chi connectivity index (χ3v) is 4.65. The van der Waals surface area contributed by atoms with Crippen molar-refractivity contribution in [2.45, 2.75) is 53.4 Å². The van der Waals surface area contributed by atoms with E-state index in [9.17, 15) is 4.79 Å². The summed E-state index contributed by atoms with van der Waals surface area (Å²) in [7, 11) is 0. The minimum atomic E-state index is 0.174. The maximum Gasteiger partial charge on any atom is 0.160 e. The Kier molecular flexibility index (Phi) is 2.33. The summed E-state index contributed by atoms with van der Waals surface area (Å²) in [5, 5.41) is 0. The molecule has 0 spiro atoms. The van der Waals surface area contributed by atoms with E-state index in [0.29, 0.717) is 5.78 Å². The minimum Gasteiger partial charge on any atom is -0.294 e. The quantitative estimate of drug-likeness (QED) is 0.638. The smallest absolute Gasteiger partial charge is 0.160 e. The Morgan fingerprint density at radius 3 is 2.60 bits per heavy atom. The van der Waals surface area contributed by atoms with Gasteiger partial charge in [0.15, 0.2) is 5.78 Å². The summed E-state index contributed by atoms with van der Waals surface area (Å²) < 4.78 is 0. The maximum absolute atomic E-state index is 12.1. The number of allylic oxidation sites excluding steroid dienone is 2. The fourth-order valence-corrected chi connectivity index (χ4v) is 4.03. The molecule has 0 aromatic heterocycles. The van der Waals surface area contributed by atoms with Crippen LogP contribution in [-0.4, -0.2) is 5.78 Å². The molecule has 0 aromatic rings. The first-order valence-corrected chi connectivity index (χ1v) is 6.17. The van der Waals surface area contributed by atoms with Crippen LogP contribution in [0, 0.1) is 16.7 Å². The molecule has 0 radical (unpaired) electrons. The van der Waals surface area contributed by atoms with E-state index >= 15 is 0 Å². The molecule has 2 atom stereocenters. The van der Waals surface area contributed by atoms with E-state index < -0.39 is 0 Å². The highest BCUT2D eigenvalue weighted by atomic mass is 16.1. The Bertz CT molecular complexity index is 324. The Balaban J connectivity index is 2.43. The number of carbonyl (C=O) groups excluding carboxylic acids is 1. The van der Waals surface area contributed by atoms with Crippen LogP contribution in [0.15, 0.2) is 11.6 Å². The second-order valence-electron chi connectivity index (χ2n) is 6.12. The summed E-state index contributed by atoms with van der Waals surface area (Å²) >= 11 is 0. The second kappa shape index (κ2) is 3.20. The molecule has 15 heavy (non-hydrogen) atoms. The van der Waals surface area contributed by atoms with E-state index in [-0.39, 0.29) is 16.7 Å². The van der Waals surface area contributed by atoms with Gasteiger partial charge in [0.05, 0.1) is 0 Å². The lowest BCUT2D eigenvalue weighted by atomic mass is 9.56. The van der Waals surface area contributed by atoms with Gasteiger partial charge in [0, 0.05) is 5.92 Å². The Morgan fingerprint density at radius 2 is 2.00 bits per heavy atom. The van der Waals surface area contributed by atoms with Crippen molar-refractivity contribution in [3.8, 4) is 0 Å². The third-order valence-electron chi connectivity index (χ3n) is 4.65. The fourth-order valence-electron chi connectivity index (χ4n) is 4.03. The highest BCUT2D eigenvalue weighted by Gasteiger charge is 2.54. The zero-order valence-electron chi connectivity index (χ0n) is 10.4. The summed E-state index contributed by atoms with van der Waals surface area (Å²) in [6, 6.07) is 0. The molecule has 2 rings (SSSR count). The van der Waals surface area contributed by atoms with Crippen molar-refractivity contribution < 1.29 is 4.79 Å². The van der Waals surface area contributed by atoms with E-state index in [1.54, 1.807) is 0 Å². The van der Waals surface area contributed by atoms with Crippen molar-refractivity contribution >= 4 is 5.78 Å². The zero-order valence-corrected chi connectivity index (χ0v) is 10.4.